The third-order valence-corrected chi connectivity index (χ3v) is 4.90. The zero-order valence-corrected chi connectivity index (χ0v) is 12.7. The van der Waals surface area contributed by atoms with Gasteiger partial charge in [0.25, 0.3) is 0 Å². The van der Waals surface area contributed by atoms with Crippen LogP contribution in [0.1, 0.15) is 29.2 Å². The van der Waals surface area contributed by atoms with E-state index in [4.69, 9.17) is 0 Å². The van der Waals surface area contributed by atoms with Gasteiger partial charge in [0.15, 0.2) is 0 Å². The zero-order valence-electron chi connectivity index (χ0n) is 11.9. The first-order chi connectivity index (χ1) is 9.83. The summed E-state index contributed by atoms with van der Waals surface area (Å²) in [5.41, 5.74) is 4.43. The molecule has 104 valence electrons. The van der Waals surface area contributed by atoms with Crippen LogP contribution in [0.15, 0.2) is 53.4 Å². The molecule has 0 saturated heterocycles. The van der Waals surface area contributed by atoms with E-state index in [1.807, 2.05) is 11.8 Å². The van der Waals surface area contributed by atoms with Gasteiger partial charge in [0.2, 0.25) is 0 Å². The van der Waals surface area contributed by atoms with Gasteiger partial charge in [-0.1, -0.05) is 42.0 Å². The van der Waals surface area contributed by atoms with Gasteiger partial charge in [-0.2, -0.15) is 0 Å². The van der Waals surface area contributed by atoms with Crippen molar-refractivity contribution < 1.29 is 0 Å². The van der Waals surface area contributed by atoms with Crippen molar-refractivity contribution in [1.82, 2.24) is 5.32 Å². The Kier molecular flexibility index (Phi) is 4.44. The van der Waals surface area contributed by atoms with Crippen LogP contribution in [0.5, 0.6) is 0 Å². The molecule has 0 heterocycles. The molecule has 0 radical (unpaired) electrons. The van der Waals surface area contributed by atoms with E-state index in [2.05, 4.69) is 60.8 Å². The minimum atomic E-state index is 0.557. The second-order valence-corrected chi connectivity index (χ2v) is 6.58. The van der Waals surface area contributed by atoms with E-state index in [1.165, 1.54) is 34.4 Å². The predicted molar refractivity (Wildman–Crippen MR) is 87.4 cm³/mol. The Balaban J connectivity index is 1.50. The Labute approximate surface area is 125 Å². The van der Waals surface area contributed by atoms with Crippen molar-refractivity contribution in [3.05, 3.63) is 65.2 Å². The van der Waals surface area contributed by atoms with Crippen LogP contribution in [-0.4, -0.2) is 12.3 Å². The van der Waals surface area contributed by atoms with Gasteiger partial charge in [0.05, 0.1) is 0 Å². The minimum Gasteiger partial charge on any atom is -0.309 e. The number of aryl methyl sites for hydroxylation is 2. The molecule has 2 aromatic carbocycles. The number of benzene rings is 2. The topological polar surface area (TPSA) is 12.0 Å². The molecule has 0 fully saturated rings. The molecule has 0 spiro atoms. The van der Waals surface area contributed by atoms with E-state index >= 15 is 0 Å². The summed E-state index contributed by atoms with van der Waals surface area (Å²) in [5, 5.41) is 3.71. The van der Waals surface area contributed by atoms with E-state index in [0.717, 1.165) is 12.3 Å². The molecule has 0 bridgehead atoms. The lowest BCUT2D eigenvalue weighted by molar-refractivity contribution is 0.551. The first kappa shape index (κ1) is 13.7. The maximum atomic E-state index is 3.71. The van der Waals surface area contributed by atoms with Crippen molar-refractivity contribution in [1.29, 1.82) is 0 Å². The average molecular weight is 283 g/mol. The number of hydrogen-bond acceptors (Lipinski definition) is 2. The molecule has 0 aromatic heterocycles. The van der Waals surface area contributed by atoms with Crippen LogP contribution < -0.4 is 5.32 Å². The molecular weight excluding hydrogens is 262 g/mol. The van der Waals surface area contributed by atoms with Gasteiger partial charge in [-0.05, 0) is 43.0 Å². The van der Waals surface area contributed by atoms with Crippen molar-refractivity contribution in [3.8, 4) is 0 Å². The molecule has 0 saturated carbocycles. The number of fused-ring (bicyclic) bond motifs is 1. The van der Waals surface area contributed by atoms with Crippen LogP contribution in [0.4, 0.5) is 0 Å². The third-order valence-electron chi connectivity index (χ3n) is 3.88. The second-order valence-electron chi connectivity index (χ2n) is 5.41. The van der Waals surface area contributed by atoms with E-state index in [0.29, 0.717) is 6.04 Å². The Hall–Kier alpha value is -1.25. The maximum absolute atomic E-state index is 3.71. The summed E-state index contributed by atoms with van der Waals surface area (Å²) in [4.78, 5) is 1.36. The van der Waals surface area contributed by atoms with Gasteiger partial charge in [-0.3, -0.25) is 0 Å². The van der Waals surface area contributed by atoms with Gasteiger partial charge >= 0.3 is 0 Å². The highest BCUT2D eigenvalue weighted by Crippen LogP contribution is 2.31. The maximum Gasteiger partial charge on any atom is 0.0326 e. The standard InChI is InChI=1S/C18H21NS/c1-14-7-8-15-9-10-18(17(15)13-14)19-11-12-20-16-5-3-2-4-6-16/h2-8,13,18-19H,9-12H2,1H3. The summed E-state index contributed by atoms with van der Waals surface area (Å²) in [5.74, 6) is 1.13. The molecule has 1 aliphatic rings. The highest BCUT2D eigenvalue weighted by molar-refractivity contribution is 7.99. The largest absolute Gasteiger partial charge is 0.309 e. The van der Waals surface area contributed by atoms with Gasteiger partial charge < -0.3 is 5.32 Å². The molecule has 1 atom stereocenters. The Morgan fingerprint density at radius 2 is 2.00 bits per heavy atom. The summed E-state index contributed by atoms with van der Waals surface area (Å²) in [6, 6.07) is 18.1. The van der Waals surface area contributed by atoms with E-state index in [-0.39, 0.29) is 0 Å². The normalized spacial score (nSPS) is 17.1. The second kappa shape index (κ2) is 6.47. The van der Waals surface area contributed by atoms with Gasteiger partial charge in [-0.15, -0.1) is 11.8 Å². The van der Waals surface area contributed by atoms with Crippen LogP contribution >= 0.6 is 11.8 Å². The van der Waals surface area contributed by atoms with Crippen molar-refractivity contribution >= 4 is 11.8 Å². The molecule has 20 heavy (non-hydrogen) atoms. The monoisotopic (exact) mass is 283 g/mol. The Morgan fingerprint density at radius 1 is 1.15 bits per heavy atom. The predicted octanol–water partition coefficient (Wildman–Crippen LogP) is 4.36. The third kappa shape index (κ3) is 3.25. The molecule has 1 unspecified atom stereocenters. The summed E-state index contributed by atoms with van der Waals surface area (Å²) in [6.45, 7) is 3.25. The quantitative estimate of drug-likeness (QED) is 0.646. The van der Waals surface area contributed by atoms with Crippen molar-refractivity contribution in [2.75, 3.05) is 12.3 Å². The summed E-state index contributed by atoms with van der Waals surface area (Å²) >= 11 is 1.93. The fraction of sp³-hybridized carbons (Fsp3) is 0.333. The first-order valence-corrected chi connectivity index (χ1v) is 8.32. The van der Waals surface area contributed by atoms with Crippen LogP contribution in [0.3, 0.4) is 0 Å². The summed E-state index contributed by atoms with van der Waals surface area (Å²) in [6.07, 6.45) is 2.47. The lowest BCUT2D eigenvalue weighted by Crippen LogP contribution is -2.21. The fourth-order valence-corrected chi connectivity index (χ4v) is 3.66. The molecule has 3 rings (SSSR count). The van der Waals surface area contributed by atoms with Crippen molar-refractivity contribution in [3.63, 3.8) is 0 Å². The number of nitrogens with one attached hydrogen (secondary N) is 1. The van der Waals surface area contributed by atoms with E-state index < -0.39 is 0 Å². The Morgan fingerprint density at radius 3 is 2.85 bits per heavy atom. The van der Waals surface area contributed by atoms with Gasteiger partial charge in [-0.25, -0.2) is 0 Å². The Bertz CT molecular complexity index is 565. The zero-order chi connectivity index (χ0) is 13.8. The molecule has 2 aromatic rings. The highest BCUT2D eigenvalue weighted by atomic mass is 32.2. The highest BCUT2D eigenvalue weighted by Gasteiger charge is 2.21. The molecule has 1 aliphatic carbocycles. The molecule has 0 amide bonds. The molecule has 1 nitrogen and oxygen atoms in total. The lowest BCUT2D eigenvalue weighted by atomic mass is 10.1. The van der Waals surface area contributed by atoms with Crippen LogP contribution in [0, 0.1) is 6.92 Å². The molecule has 2 heteroatoms. The van der Waals surface area contributed by atoms with Crippen LogP contribution in [0.25, 0.3) is 0 Å². The number of thioether (sulfide) groups is 1. The van der Waals surface area contributed by atoms with Crippen LogP contribution in [0.2, 0.25) is 0 Å². The lowest BCUT2D eigenvalue weighted by Gasteiger charge is -2.14. The van der Waals surface area contributed by atoms with Crippen molar-refractivity contribution in [2.45, 2.75) is 30.7 Å². The smallest absolute Gasteiger partial charge is 0.0326 e. The van der Waals surface area contributed by atoms with Crippen molar-refractivity contribution in [2.24, 2.45) is 0 Å². The van der Waals surface area contributed by atoms with Gasteiger partial charge in [0.1, 0.15) is 0 Å². The molecule has 0 aliphatic heterocycles. The average Bonchev–Trinajstić information content (AvgIpc) is 2.87. The SMILES string of the molecule is Cc1ccc2c(c1)C(NCCSc1ccccc1)CC2. The number of rotatable bonds is 5. The summed E-state index contributed by atoms with van der Waals surface area (Å²) in [7, 11) is 0. The minimum absolute atomic E-state index is 0.557. The summed E-state index contributed by atoms with van der Waals surface area (Å²) < 4.78 is 0. The molecule has 1 N–H and O–H groups in total. The first-order valence-electron chi connectivity index (χ1n) is 7.33. The van der Waals surface area contributed by atoms with Crippen LogP contribution in [-0.2, 0) is 6.42 Å². The fourth-order valence-electron chi connectivity index (χ4n) is 2.85. The van der Waals surface area contributed by atoms with Gasteiger partial charge in [0, 0.05) is 23.2 Å². The number of hydrogen-bond donors (Lipinski definition) is 1. The molecular formula is C18H21NS. The van der Waals surface area contributed by atoms with E-state index in [1.54, 1.807) is 0 Å². The van der Waals surface area contributed by atoms with E-state index in [9.17, 15) is 0 Å².